The van der Waals surface area contributed by atoms with Crippen molar-refractivity contribution in [1.82, 2.24) is 0 Å². The molecule has 0 bridgehead atoms. The standard InChI is InChI=1S/C15H29FO7/c1-2-3-4-5-6-7-8-9-10-11-12-13-14-18-20-22-23-21-19-15(16)17/h2-14H2,1H3. The Labute approximate surface area is 137 Å². The predicted octanol–water partition coefficient (Wildman–Crippen LogP) is 5.45. The van der Waals surface area contributed by atoms with Crippen LogP contribution in [0.1, 0.15) is 84.0 Å². The average Bonchev–Trinajstić information content (AvgIpc) is 2.53. The van der Waals surface area contributed by atoms with Gasteiger partial charge in [0.25, 0.3) is 0 Å². The molecular formula is C15H29FO7. The zero-order chi connectivity index (χ0) is 17.0. The van der Waals surface area contributed by atoms with E-state index in [0.29, 0.717) is 6.61 Å². The highest BCUT2D eigenvalue weighted by Gasteiger charge is 2.00. The van der Waals surface area contributed by atoms with Gasteiger partial charge in [0.1, 0.15) is 0 Å². The first-order valence-electron chi connectivity index (χ1n) is 8.43. The van der Waals surface area contributed by atoms with Crippen LogP contribution in [0.2, 0.25) is 0 Å². The molecule has 0 atom stereocenters. The van der Waals surface area contributed by atoms with Crippen molar-refractivity contribution < 1.29 is 39.1 Å². The predicted molar refractivity (Wildman–Crippen MR) is 79.0 cm³/mol. The summed E-state index contributed by atoms with van der Waals surface area (Å²) in [4.78, 5) is 17.4. The number of carbonyl (C=O) groups is 1. The van der Waals surface area contributed by atoms with Crippen molar-refractivity contribution in [2.75, 3.05) is 6.61 Å². The van der Waals surface area contributed by atoms with E-state index in [1.807, 2.05) is 0 Å². The number of hydrogen-bond donors (Lipinski definition) is 0. The molecule has 8 heteroatoms. The van der Waals surface area contributed by atoms with Gasteiger partial charge in [-0.2, -0.15) is 0 Å². The summed E-state index contributed by atoms with van der Waals surface area (Å²) in [6.45, 7) is 2.56. The molecule has 0 aliphatic rings. The van der Waals surface area contributed by atoms with Crippen LogP contribution in [0, 0.1) is 0 Å². The van der Waals surface area contributed by atoms with Crippen molar-refractivity contribution in [3.63, 3.8) is 0 Å². The van der Waals surface area contributed by atoms with E-state index in [1.165, 1.54) is 57.8 Å². The molecule has 23 heavy (non-hydrogen) atoms. The van der Waals surface area contributed by atoms with E-state index in [4.69, 9.17) is 0 Å². The van der Waals surface area contributed by atoms with Crippen LogP contribution in [-0.4, -0.2) is 12.8 Å². The number of rotatable bonds is 18. The minimum Gasteiger partial charge on any atom is -0.232 e. The highest BCUT2D eigenvalue weighted by Crippen LogP contribution is 2.11. The largest absolute Gasteiger partial charge is 0.529 e. The van der Waals surface area contributed by atoms with E-state index >= 15 is 0 Å². The first-order chi connectivity index (χ1) is 11.3. The second kappa shape index (κ2) is 19.2. The monoisotopic (exact) mass is 340 g/mol. The Hall–Kier alpha value is -0.800. The summed E-state index contributed by atoms with van der Waals surface area (Å²) in [6, 6.07) is 0. The van der Waals surface area contributed by atoms with E-state index in [-0.39, 0.29) is 0 Å². The molecule has 138 valence electrons. The molecule has 0 N–H and O–H groups in total. The molecule has 0 amide bonds. The lowest BCUT2D eigenvalue weighted by atomic mass is 10.1. The molecule has 0 saturated heterocycles. The maximum Gasteiger partial charge on any atom is 0.529 e. The third-order valence-corrected chi connectivity index (χ3v) is 3.31. The SMILES string of the molecule is CCCCCCCCCCCCCCOOOOOOC(=O)F. The van der Waals surface area contributed by atoms with Crippen LogP contribution in [-0.2, 0) is 29.9 Å². The Balaban J connectivity index is 2.96. The Kier molecular flexibility index (Phi) is 18.6. The van der Waals surface area contributed by atoms with E-state index < -0.39 is 6.22 Å². The van der Waals surface area contributed by atoms with Crippen molar-refractivity contribution >= 4 is 6.22 Å². The molecule has 0 aromatic rings. The summed E-state index contributed by atoms with van der Waals surface area (Å²) in [5.74, 6) is 0. The molecule has 0 unspecified atom stereocenters. The van der Waals surface area contributed by atoms with Gasteiger partial charge in [0.2, 0.25) is 0 Å². The molecule has 0 aliphatic carbocycles. The van der Waals surface area contributed by atoms with Gasteiger partial charge < -0.3 is 0 Å². The second-order valence-corrected chi connectivity index (χ2v) is 5.30. The second-order valence-electron chi connectivity index (χ2n) is 5.30. The Morgan fingerprint density at radius 3 is 1.70 bits per heavy atom. The lowest BCUT2D eigenvalue weighted by Gasteiger charge is -2.03. The number of hydrogen-bond acceptors (Lipinski definition) is 7. The zero-order valence-corrected chi connectivity index (χ0v) is 13.9. The average molecular weight is 340 g/mol. The third-order valence-electron chi connectivity index (χ3n) is 3.31. The Morgan fingerprint density at radius 2 is 1.17 bits per heavy atom. The molecule has 0 aromatic carbocycles. The molecule has 0 aliphatic heterocycles. The quantitative estimate of drug-likeness (QED) is 0.142. The summed E-state index contributed by atoms with van der Waals surface area (Å²) >= 11 is 0. The first kappa shape index (κ1) is 22.2. The van der Waals surface area contributed by atoms with E-state index in [9.17, 15) is 9.18 Å². The molecule has 0 heterocycles. The van der Waals surface area contributed by atoms with Crippen molar-refractivity contribution in [2.45, 2.75) is 84.0 Å². The van der Waals surface area contributed by atoms with Gasteiger partial charge in [-0.05, 0) is 16.5 Å². The molecule has 7 nitrogen and oxygen atoms in total. The van der Waals surface area contributed by atoms with Gasteiger partial charge in [-0.1, -0.05) is 77.6 Å². The molecule has 0 fully saturated rings. The van der Waals surface area contributed by atoms with Gasteiger partial charge in [-0.3, -0.25) is 0 Å². The van der Waals surface area contributed by atoms with Crippen molar-refractivity contribution in [2.24, 2.45) is 0 Å². The molecule has 0 spiro atoms. The smallest absolute Gasteiger partial charge is 0.232 e. The van der Waals surface area contributed by atoms with Crippen LogP contribution in [0.15, 0.2) is 0 Å². The lowest BCUT2D eigenvalue weighted by molar-refractivity contribution is -0.749. The number of halogens is 1. The van der Waals surface area contributed by atoms with Gasteiger partial charge in [0, 0.05) is 10.1 Å². The summed E-state index contributed by atoms with van der Waals surface area (Å²) in [5, 5.41) is 14.9. The van der Waals surface area contributed by atoms with Crippen LogP contribution >= 0.6 is 0 Å². The number of carbonyl (C=O) groups excluding carboxylic acids is 1. The topological polar surface area (TPSA) is 72.5 Å². The van der Waals surface area contributed by atoms with Crippen molar-refractivity contribution in [3.8, 4) is 0 Å². The zero-order valence-electron chi connectivity index (χ0n) is 13.9. The van der Waals surface area contributed by atoms with E-state index in [2.05, 4.69) is 36.9 Å². The highest BCUT2D eigenvalue weighted by atomic mass is 19.1. The third kappa shape index (κ3) is 21.2. The fourth-order valence-electron chi connectivity index (χ4n) is 2.12. The Morgan fingerprint density at radius 1 is 0.696 bits per heavy atom. The summed E-state index contributed by atoms with van der Waals surface area (Å²) in [6.07, 6.45) is 12.8. The molecule has 0 radical (unpaired) electrons. The minimum atomic E-state index is -2.17. The highest BCUT2D eigenvalue weighted by molar-refractivity contribution is 5.56. The molecular weight excluding hydrogens is 311 g/mol. The lowest BCUT2D eigenvalue weighted by Crippen LogP contribution is -2.03. The van der Waals surface area contributed by atoms with Gasteiger partial charge in [-0.25, -0.2) is 14.6 Å². The summed E-state index contributed by atoms with van der Waals surface area (Å²) in [7, 11) is 0. The minimum absolute atomic E-state index is 0.323. The summed E-state index contributed by atoms with van der Waals surface area (Å²) < 4.78 is 11.4. The Bertz CT molecular complexity index is 254. The normalized spacial score (nSPS) is 10.9. The van der Waals surface area contributed by atoms with Gasteiger partial charge in [-0.15, -0.1) is 4.39 Å². The maximum atomic E-state index is 11.4. The number of unbranched alkanes of at least 4 members (excludes halogenated alkanes) is 11. The van der Waals surface area contributed by atoms with Crippen LogP contribution in [0.3, 0.4) is 0 Å². The van der Waals surface area contributed by atoms with Crippen LogP contribution in [0.4, 0.5) is 9.18 Å². The van der Waals surface area contributed by atoms with Crippen LogP contribution < -0.4 is 0 Å². The first-order valence-corrected chi connectivity index (χ1v) is 8.43. The van der Waals surface area contributed by atoms with E-state index in [0.717, 1.165) is 19.3 Å². The van der Waals surface area contributed by atoms with Crippen LogP contribution in [0.5, 0.6) is 0 Å². The van der Waals surface area contributed by atoms with Crippen molar-refractivity contribution in [1.29, 1.82) is 0 Å². The van der Waals surface area contributed by atoms with Crippen LogP contribution in [0.25, 0.3) is 0 Å². The molecule has 0 saturated carbocycles. The van der Waals surface area contributed by atoms with Gasteiger partial charge in [0.15, 0.2) is 0 Å². The maximum absolute atomic E-state index is 11.4. The van der Waals surface area contributed by atoms with Gasteiger partial charge >= 0.3 is 6.22 Å². The van der Waals surface area contributed by atoms with Gasteiger partial charge in [0.05, 0.1) is 6.61 Å². The fraction of sp³-hybridized carbons (Fsp3) is 0.933. The molecule has 0 rings (SSSR count). The summed E-state index contributed by atoms with van der Waals surface area (Å²) in [5.41, 5.74) is 0. The fourth-order valence-corrected chi connectivity index (χ4v) is 2.12. The molecule has 0 aromatic heterocycles. The van der Waals surface area contributed by atoms with E-state index in [1.54, 1.807) is 0 Å². The van der Waals surface area contributed by atoms with Crippen molar-refractivity contribution in [3.05, 3.63) is 0 Å².